The number of benzene rings is 2. The van der Waals surface area contributed by atoms with Crippen LogP contribution in [0.5, 0.6) is 0 Å². The maximum Gasteiger partial charge on any atom is 0.248 e. The van der Waals surface area contributed by atoms with E-state index in [2.05, 4.69) is 10.6 Å². The summed E-state index contributed by atoms with van der Waals surface area (Å²) in [7, 11) is -3.81. The standard InChI is InChI=1S/C19H22FN3O4S/c1-4-18(23(28(3,26)27)17-10-8-14(20)9-11-17)19(25)22-16-7-5-6-15(12-16)21-13(2)24/h5-12,18H,4H2,1-3H3,(H,21,24)(H,22,25). The predicted molar refractivity (Wildman–Crippen MR) is 107 cm³/mol. The molecule has 2 aromatic carbocycles. The average molecular weight is 407 g/mol. The van der Waals surface area contributed by atoms with Crippen LogP contribution in [-0.4, -0.2) is 32.5 Å². The van der Waals surface area contributed by atoms with Gasteiger partial charge in [-0.3, -0.25) is 13.9 Å². The van der Waals surface area contributed by atoms with Crippen molar-refractivity contribution in [3.8, 4) is 0 Å². The first-order chi connectivity index (χ1) is 13.1. The van der Waals surface area contributed by atoms with Crippen molar-refractivity contribution in [1.29, 1.82) is 0 Å². The number of halogens is 1. The number of anilines is 3. The summed E-state index contributed by atoms with van der Waals surface area (Å²) < 4.78 is 38.9. The number of carbonyl (C=O) groups is 2. The van der Waals surface area contributed by atoms with Crippen molar-refractivity contribution >= 4 is 38.9 Å². The molecule has 1 unspecified atom stereocenters. The van der Waals surface area contributed by atoms with E-state index in [1.165, 1.54) is 19.1 Å². The number of nitrogens with one attached hydrogen (secondary N) is 2. The van der Waals surface area contributed by atoms with Gasteiger partial charge in [0.25, 0.3) is 0 Å². The summed E-state index contributed by atoms with van der Waals surface area (Å²) >= 11 is 0. The number of nitrogens with zero attached hydrogens (tertiary/aromatic N) is 1. The molecule has 0 aliphatic rings. The fourth-order valence-corrected chi connectivity index (χ4v) is 3.96. The van der Waals surface area contributed by atoms with Crippen LogP contribution in [0.2, 0.25) is 0 Å². The lowest BCUT2D eigenvalue weighted by molar-refractivity contribution is -0.117. The SMILES string of the molecule is CCC(C(=O)Nc1cccc(NC(C)=O)c1)N(c1ccc(F)cc1)S(C)(=O)=O. The first-order valence-corrected chi connectivity index (χ1v) is 10.4. The Balaban J connectivity index is 2.32. The summed E-state index contributed by atoms with van der Waals surface area (Å²) in [6.07, 6.45) is 1.19. The molecule has 0 fully saturated rings. The molecule has 0 aromatic heterocycles. The second-order valence-corrected chi connectivity index (χ2v) is 8.07. The van der Waals surface area contributed by atoms with Crippen molar-refractivity contribution in [3.63, 3.8) is 0 Å². The quantitative estimate of drug-likeness (QED) is 0.738. The van der Waals surface area contributed by atoms with Gasteiger partial charge in [-0.25, -0.2) is 12.8 Å². The maximum absolute atomic E-state index is 13.2. The minimum absolute atomic E-state index is 0.192. The first-order valence-electron chi connectivity index (χ1n) is 8.55. The molecule has 2 N–H and O–H groups in total. The van der Waals surface area contributed by atoms with Crippen LogP contribution in [0, 0.1) is 5.82 Å². The summed E-state index contributed by atoms with van der Waals surface area (Å²) in [5.41, 5.74) is 1.09. The van der Waals surface area contributed by atoms with E-state index in [1.54, 1.807) is 31.2 Å². The number of carbonyl (C=O) groups excluding carboxylic acids is 2. The molecule has 2 amide bonds. The molecule has 0 saturated carbocycles. The minimum Gasteiger partial charge on any atom is -0.326 e. The molecular weight excluding hydrogens is 385 g/mol. The fourth-order valence-electron chi connectivity index (χ4n) is 2.75. The summed E-state index contributed by atoms with van der Waals surface area (Å²) in [5.74, 6) is -1.31. The first kappa shape index (κ1) is 21.4. The normalized spacial score (nSPS) is 12.1. The van der Waals surface area contributed by atoms with Crippen molar-refractivity contribution < 1.29 is 22.4 Å². The van der Waals surface area contributed by atoms with E-state index >= 15 is 0 Å². The molecule has 28 heavy (non-hydrogen) atoms. The van der Waals surface area contributed by atoms with Gasteiger partial charge in [0.2, 0.25) is 21.8 Å². The van der Waals surface area contributed by atoms with Gasteiger partial charge in [0.05, 0.1) is 11.9 Å². The van der Waals surface area contributed by atoms with E-state index in [9.17, 15) is 22.4 Å². The van der Waals surface area contributed by atoms with E-state index in [-0.39, 0.29) is 18.0 Å². The molecule has 2 aromatic rings. The Morgan fingerprint density at radius 2 is 1.64 bits per heavy atom. The lowest BCUT2D eigenvalue weighted by Gasteiger charge is -2.30. The lowest BCUT2D eigenvalue weighted by Crippen LogP contribution is -2.47. The smallest absolute Gasteiger partial charge is 0.248 e. The van der Waals surface area contributed by atoms with Crippen LogP contribution in [0.25, 0.3) is 0 Å². The summed E-state index contributed by atoms with van der Waals surface area (Å²) in [4.78, 5) is 24.0. The van der Waals surface area contributed by atoms with E-state index in [1.807, 2.05) is 0 Å². The molecule has 150 valence electrons. The minimum atomic E-state index is -3.81. The molecular formula is C19H22FN3O4S. The Morgan fingerprint density at radius 1 is 1.07 bits per heavy atom. The molecule has 7 nitrogen and oxygen atoms in total. The molecule has 1 atom stereocenters. The molecule has 0 aliphatic heterocycles. The molecule has 2 rings (SSSR count). The fraction of sp³-hybridized carbons (Fsp3) is 0.263. The second kappa shape index (κ2) is 8.83. The molecule has 0 spiro atoms. The Morgan fingerprint density at radius 3 is 2.14 bits per heavy atom. The van der Waals surface area contributed by atoms with Gasteiger partial charge < -0.3 is 10.6 Å². The van der Waals surface area contributed by atoms with Crippen LogP contribution in [0.15, 0.2) is 48.5 Å². The zero-order chi connectivity index (χ0) is 20.9. The molecule has 0 saturated heterocycles. The highest BCUT2D eigenvalue weighted by molar-refractivity contribution is 7.92. The zero-order valence-corrected chi connectivity index (χ0v) is 16.6. The van der Waals surface area contributed by atoms with E-state index < -0.39 is 27.8 Å². The topological polar surface area (TPSA) is 95.6 Å². The number of hydrogen-bond acceptors (Lipinski definition) is 4. The monoisotopic (exact) mass is 407 g/mol. The third kappa shape index (κ3) is 5.53. The van der Waals surface area contributed by atoms with Gasteiger partial charge in [-0.15, -0.1) is 0 Å². The van der Waals surface area contributed by atoms with Gasteiger partial charge in [-0.1, -0.05) is 13.0 Å². The van der Waals surface area contributed by atoms with Crippen LogP contribution in [0.1, 0.15) is 20.3 Å². The molecule has 0 bridgehead atoms. The van der Waals surface area contributed by atoms with Crippen molar-refractivity contribution in [1.82, 2.24) is 0 Å². The Labute approximate surface area is 163 Å². The van der Waals surface area contributed by atoms with Crippen molar-refractivity contribution in [2.45, 2.75) is 26.3 Å². The Kier molecular flexibility index (Phi) is 6.74. The van der Waals surface area contributed by atoms with Crippen LogP contribution in [0.3, 0.4) is 0 Å². The molecule has 9 heteroatoms. The summed E-state index contributed by atoms with van der Waals surface area (Å²) in [5, 5.41) is 5.28. The van der Waals surface area contributed by atoms with Crippen molar-refractivity contribution in [3.05, 3.63) is 54.3 Å². The second-order valence-electron chi connectivity index (χ2n) is 6.21. The van der Waals surface area contributed by atoms with Crippen LogP contribution in [-0.2, 0) is 19.6 Å². The molecule has 0 heterocycles. The third-order valence-corrected chi connectivity index (χ3v) is 5.04. The zero-order valence-electron chi connectivity index (χ0n) is 15.8. The number of sulfonamides is 1. The number of amides is 2. The Bertz CT molecular complexity index is 961. The van der Waals surface area contributed by atoms with Gasteiger partial charge in [0.15, 0.2) is 0 Å². The highest BCUT2D eigenvalue weighted by Crippen LogP contribution is 2.24. The van der Waals surface area contributed by atoms with Crippen molar-refractivity contribution in [2.24, 2.45) is 0 Å². The lowest BCUT2D eigenvalue weighted by atomic mass is 10.1. The van der Waals surface area contributed by atoms with E-state index in [0.717, 1.165) is 22.7 Å². The number of hydrogen-bond donors (Lipinski definition) is 2. The van der Waals surface area contributed by atoms with Gasteiger partial charge in [-0.2, -0.15) is 0 Å². The van der Waals surface area contributed by atoms with Crippen LogP contribution in [0.4, 0.5) is 21.5 Å². The van der Waals surface area contributed by atoms with Gasteiger partial charge in [-0.05, 0) is 48.9 Å². The summed E-state index contributed by atoms with van der Waals surface area (Å²) in [6.45, 7) is 3.05. The predicted octanol–water partition coefficient (Wildman–Crippen LogP) is 2.97. The maximum atomic E-state index is 13.2. The van der Waals surface area contributed by atoms with Gasteiger partial charge >= 0.3 is 0 Å². The highest BCUT2D eigenvalue weighted by atomic mass is 32.2. The van der Waals surface area contributed by atoms with Gasteiger partial charge in [0.1, 0.15) is 11.9 Å². The van der Waals surface area contributed by atoms with Crippen LogP contribution < -0.4 is 14.9 Å². The third-order valence-electron chi connectivity index (χ3n) is 3.86. The summed E-state index contributed by atoms with van der Waals surface area (Å²) in [6, 6.07) is 10.3. The van der Waals surface area contributed by atoms with Gasteiger partial charge in [0, 0.05) is 18.3 Å². The average Bonchev–Trinajstić information content (AvgIpc) is 2.59. The van der Waals surface area contributed by atoms with E-state index in [4.69, 9.17) is 0 Å². The largest absolute Gasteiger partial charge is 0.326 e. The van der Waals surface area contributed by atoms with Crippen molar-refractivity contribution in [2.75, 3.05) is 21.2 Å². The Hall–Kier alpha value is -2.94. The molecule has 0 aliphatic carbocycles. The van der Waals surface area contributed by atoms with E-state index in [0.29, 0.717) is 11.4 Å². The highest BCUT2D eigenvalue weighted by Gasteiger charge is 2.31. The number of rotatable bonds is 7. The molecule has 0 radical (unpaired) electrons. The van der Waals surface area contributed by atoms with Crippen LogP contribution >= 0.6 is 0 Å².